The Hall–Kier alpha value is -2.86. The molecule has 1 aliphatic carbocycles. The molecule has 0 aromatic heterocycles. The average molecular weight is 537 g/mol. The van der Waals surface area contributed by atoms with Crippen LogP contribution in [0, 0.1) is 0 Å². The lowest BCUT2D eigenvalue weighted by atomic mass is 9.95. The number of ether oxygens (including phenoxy) is 1. The van der Waals surface area contributed by atoms with Crippen LogP contribution in [0.3, 0.4) is 0 Å². The van der Waals surface area contributed by atoms with Crippen molar-refractivity contribution in [3.05, 3.63) is 76.8 Å². The largest absolute Gasteiger partial charge is 0.483 e. The molecule has 1 atom stereocenters. The number of fused-ring (bicyclic) bond motifs is 1. The normalized spacial score (nSPS) is 14.9. The molecule has 1 aliphatic rings. The zero-order chi connectivity index (χ0) is 24.6. The van der Waals surface area contributed by atoms with Gasteiger partial charge in [-0.2, -0.15) is 0 Å². The van der Waals surface area contributed by atoms with Gasteiger partial charge >= 0.3 is 0 Å². The number of hydrogen-bond acceptors (Lipinski definition) is 3. The molecule has 4 rings (SSSR count). The molecule has 0 heterocycles. The van der Waals surface area contributed by atoms with E-state index in [1.807, 2.05) is 73.7 Å². The molecule has 6 heteroatoms. The summed E-state index contributed by atoms with van der Waals surface area (Å²) in [5.74, 6) is 0.317. The van der Waals surface area contributed by atoms with Gasteiger partial charge in [0.05, 0.1) is 4.47 Å². The maximum absolute atomic E-state index is 13.4. The van der Waals surface area contributed by atoms with Crippen LogP contribution >= 0.6 is 15.9 Å². The molecule has 0 radical (unpaired) electrons. The van der Waals surface area contributed by atoms with E-state index in [0.717, 1.165) is 46.5 Å². The molecule has 0 spiro atoms. The van der Waals surface area contributed by atoms with Gasteiger partial charge < -0.3 is 15.0 Å². The molecule has 35 heavy (non-hydrogen) atoms. The molecular formula is C29H33BrN2O3. The summed E-state index contributed by atoms with van der Waals surface area (Å²) in [5.41, 5.74) is 1.13. The van der Waals surface area contributed by atoms with E-state index in [1.54, 1.807) is 4.90 Å². The Morgan fingerprint density at radius 2 is 1.71 bits per heavy atom. The summed E-state index contributed by atoms with van der Waals surface area (Å²) in [4.78, 5) is 28.1. The zero-order valence-electron chi connectivity index (χ0n) is 20.2. The van der Waals surface area contributed by atoms with E-state index < -0.39 is 6.04 Å². The maximum Gasteiger partial charge on any atom is 0.261 e. The van der Waals surface area contributed by atoms with Crippen molar-refractivity contribution in [3.8, 4) is 5.75 Å². The van der Waals surface area contributed by atoms with Gasteiger partial charge in [0.25, 0.3) is 5.91 Å². The summed E-state index contributed by atoms with van der Waals surface area (Å²) in [6.07, 6.45) is 6.21. The number of rotatable bonds is 9. The minimum absolute atomic E-state index is 0.0924. The van der Waals surface area contributed by atoms with Crippen LogP contribution < -0.4 is 10.1 Å². The molecule has 3 aromatic rings. The standard InChI is InChI=1S/C29H33BrN2O3/c1-21(29(34)31-24-13-6-3-7-14-24)32(19-18-22-10-4-2-5-11-22)27(33)20-35-26-17-16-23-12-8-9-15-25(23)28(26)30/h2,4-5,8-12,15-17,21,24H,3,6-7,13-14,18-20H2,1H3,(H,31,34)/t21-/m1/s1. The summed E-state index contributed by atoms with van der Waals surface area (Å²) in [6, 6.07) is 21.5. The van der Waals surface area contributed by atoms with Crippen molar-refractivity contribution >= 4 is 38.5 Å². The second-order valence-electron chi connectivity index (χ2n) is 9.23. The highest BCUT2D eigenvalue weighted by Crippen LogP contribution is 2.33. The van der Waals surface area contributed by atoms with Crippen molar-refractivity contribution in [2.24, 2.45) is 0 Å². The molecule has 184 valence electrons. The Balaban J connectivity index is 1.45. The smallest absolute Gasteiger partial charge is 0.261 e. The minimum Gasteiger partial charge on any atom is -0.483 e. The third kappa shape index (κ3) is 6.63. The summed E-state index contributed by atoms with van der Waals surface area (Å²) in [6.45, 7) is 2.13. The first kappa shape index (κ1) is 25.2. The van der Waals surface area contributed by atoms with Gasteiger partial charge in [0.2, 0.25) is 5.91 Å². The summed E-state index contributed by atoms with van der Waals surface area (Å²) in [7, 11) is 0. The second-order valence-corrected chi connectivity index (χ2v) is 10.0. The number of carbonyl (C=O) groups is 2. The van der Waals surface area contributed by atoms with Crippen molar-refractivity contribution in [2.45, 2.75) is 57.5 Å². The van der Waals surface area contributed by atoms with Crippen molar-refractivity contribution in [2.75, 3.05) is 13.2 Å². The third-order valence-corrected chi connectivity index (χ3v) is 7.60. The Kier molecular flexibility index (Phi) is 8.80. The number of nitrogens with one attached hydrogen (secondary N) is 1. The fourth-order valence-corrected chi connectivity index (χ4v) is 5.29. The van der Waals surface area contributed by atoms with Crippen LogP contribution in [0.5, 0.6) is 5.75 Å². The maximum atomic E-state index is 13.4. The van der Waals surface area contributed by atoms with Crippen LogP contribution in [-0.2, 0) is 16.0 Å². The second kappa shape index (κ2) is 12.2. The van der Waals surface area contributed by atoms with Crippen molar-refractivity contribution in [3.63, 3.8) is 0 Å². The van der Waals surface area contributed by atoms with E-state index in [1.165, 1.54) is 6.42 Å². The topological polar surface area (TPSA) is 58.6 Å². The number of hydrogen-bond donors (Lipinski definition) is 1. The summed E-state index contributed by atoms with van der Waals surface area (Å²) >= 11 is 3.62. The molecule has 2 amide bonds. The third-order valence-electron chi connectivity index (χ3n) is 6.78. The SMILES string of the molecule is C[C@H](C(=O)NC1CCCCC1)N(CCc1ccccc1)C(=O)COc1ccc2ccccc2c1Br. The first-order chi connectivity index (χ1) is 17.0. The van der Waals surface area contributed by atoms with Crippen LogP contribution in [0.2, 0.25) is 0 Å². The molecule has 0 bridgehead atoms. The Morgan fingerprint density at radius 3 is 2.49 bits per heavy atom. The molecule has 1 saturated carbocycles. The number of nitrogens with zero attached hydrogens (tertiary/aromatic N) is 1. The quantitative estimate of drug-likeness (QED) is 0.371. The van der Waals surface area contributed by atoms with Crippen LogP contribution in [-0.4, -0.2) is 41.9 Å². The van der Waals surface area contributed by atoms with Gasteiger partial charge in [0.1, 0.15) is 11.8 Å². The summed E-state index contributed by atoms with van der Waals surface area (Å²) < 4.78 is 6.77. The van der Waals surface area contributed by atoms with E-state index in [0.29, 0.717) is 18.7 Å². The van der Waals surface area contributed by atoms with E-state index in [-0.39, 0.29) is 24.5 Å². The predicted molar refractivity (Wildman–Crippen MR) is 143 cm³/mol. The molecule has 1 N–H and O–H groups in total. The minimum atomic E-state index is -0.572. The highest BCUT2D eigenvalue weighted by molar-refractivity contribution is 9.10. The van der Waals surface area contributed by atoms with Gasteiger partial charge in [-0.15, -0.1) is 0 Å². The highest BCUT2D eigenvalue weighted by Gasteiger charge is 2.28. The van der Waals surface area contributed by atoms with Gasteiger partial charge in [0, 0.05) is 12.6 Å². The average Bonchev–Trinajstić information content (AvgIpc) is 2.89. The van der Waals surface area contributed by atoms with E-state index in [4.69, 9.17) is 4.74 Å². The first-order valence-electron chi connectivity index (χ1n) is 12.5. The van der Waals surface area contributed by atoms with E-state index >= 15 is 0 Å². The van der Waals surface area contributed by atoms with Crippen LogP contribution in [0.1, 0.15) is 44.6 Å². The number of carbonyl (C=O) groups excluding carboxylic acids is 2. The number of benzene rings is 3. The Labute approximate surface area is 216 Å². The molecule has 5 nitrogen and oxygen atoms in total. The van der Waals surface area contributed by atoms with Gasteiger partial charge in [-0.05, 0) is 64.5 Å². The van der Waals surface area contributed by atoms with Crippen molar-refractivity contribution in [1.82, 2.24) is 10.2 Å². The number of amides is 2. The lowest BCUT2D eigenvalue weighted by Crippen LogP contribution is -2.52. The lowest BCUT2D eigenvalue weighted by molar-refractivity contribution is -0.141. The van der Waals surface area contributed by atoms with Crippen LogP contribution in [0.25, 0.3) is 10.8 Å². The first-order valence-corrected chi connectivity index (χ1v) is 13.3. The van der Waals surface area contributed by atoms with Crippen LogP contribution in [0.15, 0.2) is 71.2 Å². The zero-order valence-corrected chi connectivity index (χ0v) is 21.8. The van der Waals surface area contributed by atoms with E-state index in [9.17, 15) is 9.59 Å². The molecule has 0 unspecified atom stereocenters. The predicted octanol–water partition coefficient (Wildman–Crippen LogP) is 5.89. The molecule has 0 aliphatic heterocycles. The van der Waals surface area contributed by atoms with Gasteiger partial charge in [-0.3, -0.25) is 9.59 Å². The van der Waals surface area contributed by atoms with E-state index in [2.05, 4.69) is 21.2 Å². The summed E-state index contributed by atoms with van der Waals surface area (Å²) in [5, 5.41) is 5.29. The molecular weight excluding hydrogens is 504 g/mol. The monoisotopic (exact) mass is 536 g/mol. The molecule has 1 fully saturated rings. The van der Waals surface area contributed by atoms with Crippen molar-refractivity contribution in [1.29, 1.82) is 0 Å². The van der Waals surface area contributed by atoms with Gasteiger partial charge in [-0.1, -0.05) is 79.9 Å². The van der Waals surface area contributed by atoms with Crippen molar-refractivity contribution < 1.29 is 14.3 Å². The Morgan fingerprint density at radius 1 is 1.00 bits per heavy atom. The fraction of sp³-hybridized carbons (Fsp3) is 0.379. The fourth-order valence-electron chi connectivity index (χ4n) is 4.69. The Bertz CT molecular complexity index is 1150. The lowest BCUT2D eigenvalue weighted by Gasteiger charge is -2.31. The number of halogens is 1. The van der Waals surface area contributed by atoms with Gasteiger partial charge in [0.15, 0.2) is 6.61 Å². The van der Waals surface area contributed by atoms with Crippen LogP contribution in [0.4, 0.5) is 0 Å². The molecule has 3 aromatic carbocycles. The highest BCUT2D eigenvalue weighted by atomic mass is 79.9. The van der Waals surface area contributed by atoms with Gasteiger partial charge in [-0.25, -0.2) is 0 Å². The molecule has 0 saturated heterocycles.